The molecule has 2 unspecified atom stereocenters. The summed E-state index contributed by atoms with van der Waals surface area (Å²) in [5, 5.41) is 5.82. The smallest absolute Gasteiger partial charge is 0.316 e. The first-order valence-corrected chi connectivity index (χ1v) is 5.48. The van der Waals surface area contributed by atoms with Crippen molar-refractivity contribution in [2.24, 2.45) is 5.73 Å². The van der Waals surface area contributed by atoms with E-state index in [0.29, 0.717) is 5.69 Å². The molecule has 0 aliphatic heterocycles. The van der Waals surface area contributed by atoms with Gasteiger partial charge in [-0.1, -0.05) is 6.07 Å². The van der Waals surface area contributed by atoms with Crippen LogP contribution in [-0.4, -0.2) is 25.3 Å². The minimum absolute atomic E-state index is 0.0998. The second kappa shape index (κ2) is 6.10. The number of hydrogen-bond donors (Lipinski definition) is 3. The summed E-state index contributed by atoms with van der Waals surface area (Å²) in [4.78, 5) is 10.7. The van der Waals surface area contributed by atoms with Gasteiger partial charge in [-0.2, -0.15) is 0 Å². The SMILES string of the molecule is COC(C)C(C)Nc1cccc(NC(N)=O)c1. The van der Waals surface area contributed by atoms with Crippen molar-refractivity contribution < 1.29 is 9.53 Å². The van der Waals surface area contributed by atoms with Crippen LogP contribution in [0.1, 0.15) is 13.8 Å². The summed E-state index contributed by atoms with van der Waals surface area (Å²) < 4.78 is 5.23. The number of amides is 2. The summed E-state index contributed by atoms with van der Waals surface area (Å²) in [5.74, 6) is 0. The van der Waals surface area contributed by atoms with E-state index < -0.39 is 6.03 Å². The number of carbonyl (C=O) groups excluding carboxylic acids is 1. The molecule has 1 aromatic rings. The first kappa shape index (κ1) is 13.3. The molecule has 94 valence electrons. The Morgan fingerprint density at radius 3 is 2.59 bits per heavy atom. The highest BCUT2D eigenvalue weighted by atomic mass is 16.5. The van der Waals surface area contributed by atoms with Gasteiger partial charge in [0.2, 0.25) is 0 Å². The predicted octanol–water partition coefficient (Wildman–Crippen LogP) is 2.01. The third-order valence-electron chi connectivity index (χ3n) is 2.60. The lowest BCUT2D eigenvalue weighted by atomic mass is 10.2. The van der Waals surface area contributed by atoms with E-state index >= 15 is 0 Å². The Balaban J connectivity index is 2.68. The molecule has 2 amide bonds. The van der Waals surface area contributed by atoms with Gasteiger partial charge in [0.1, 0.15) is 0 Å². The molecule has 17 heavy (non-hydrogen) atoms. The van der Waals surface area contributed by atoms with Crippen LogP contribution >= 0.6 is 0 Å². The highest BCUT2D eigenvalue weighted by Crippen LogP contribution is 2.16. The maximum Gasteiger partial charge on any atom is 0.316 e. The third kappa shape index (κ3) is 4.32. The van der Waals surface area contributed by atoms with Gasteiger partial charge in [-0.3, -0.25) is 0 Å². The molecule has 1 aromatic carbocycles. The molecule has 0 fully saturated rings. The number of hydrogen-bond acceptors (Lipinski definition) is 3. The van der Waals surface area contributed by atoms with Crippen molar-refractivity contribution in [3.05, 3.63) is 24.3 Å². The molecule has 0 spiro atoms. The molecule has 0 saturated carbocycles. The second-order valence-corrected chi connectivity index (χ2v) is 3.94. The molecular formula is C12H19N3O2. The summed E-state index contributed by atoms with van der Waals surface area (Å²) in [6.07, 6.45) is 0.0998. The van der Waals surface area contributed by atoms with Gasteiger partial charge in [-0.25, -0.2) is 4.79 Å². The summed E-state index contributed by atoms with van der Waals surface area (Å²) in [6.45, 7) is 4.02. The number of rotatable bonds is 5. The molecule has 0 saturated heterocycles. The Hall–Kier alpha value is -1.75. The number of anilines is 2. The zero-order valence-electron chi connectivity index (χ0n) is 10.4. The first-order chi connectivity index (χ1) is 8.02. The van der Waals surface area contributed by atoms with Gasteiger partial charge in [0.25, 0.3) is 0 Å². The van der Waals surface area contributed by atoms with Crippen LogP contribution in [-0.2, 0) is 4.74 Å². The minimum Gasteiger partial charge on any atom is -0.380 e. The Kier molecular flexibility index (Phi) is 4.78. The summed E-state index contributed by atoms with van der Waals surface area (Å²) >= 11 is 0. The number of ether oxygens (including phenoxy) is 1. The fourth-order valence-corrected chi connectivity index (χ4v) is 1.41. The van der Waals surface area contributed by atoms with E-state index in [4.69, 9.17) is 10.5 Å². The maximum absolute atomic E-state index is 10.7. The van der Waals surface area contributed by atoms with Crippen molar-refractivity contribution in [1.29, 1.82) is 0 Å². The zero-order valence-corrected chi connectivity index (χ0v) is 10.4. The van der Waals surface area contributed by atoms with Gasteiger partial charge < -0.3 is 21.1 Å². The predicted molar refractivity (Wildman–Crippen MR) is 69.2 cm³/mol. The molecule has 0 aromatic heterocycles. The van der Waals surface area contributed by atoms with Crippen LogP contribution < -0.4 is 16.4 Å². The normalized spacial score (nSPS) is 13.8. The van der Waals surface area contributed by atoms with Crippen molar-refractivity contribution in [1.82, 2.24) is 0 Å². The molecule has 0 radical (unpaired) electrons. The fourth-order valence-electron chi connectivity index (χ4n) is 1.41. The number of carbonyl (C=O) groups is 1. The standard InChI is InChI=1S/C12H19N3O2/c1-8(9(2)17-3)14-10-5-4-6-11(7-10)15-12(13)16/h4-9,14H,1-3H3,(H3,13,15,16). The van der Waals surface area contributed by atoms with E-state index in [1.807, 2.05) is 32.0 Å². The Morgan fingerprint density at radius 2 is 2.00 bits per heavy atom. The van der Waals surface area contributed by atoms with E-state index in [1.54, 1.807) is 13.2 Å². The van der Waals surface area contributed by atoms with Crippen molar-refractivity contribution in [2.45, 2.75) is 26.0 Å². The topological polar surface area (TPSA) is 76.4 Å². The van der Waals surface area contributed by atoms with Crippen molar-refractivity contribution in [3.8, 4) is 0 Å². The average Bonchev–Trinajstić information content (AvgIpc) is 2.27. The van der Waals surface area contributed by atoms with Crippen LogP contribution in [0, 0.1) is 0 Å². The second-order valence-electron chi connectivity index (χ2n) is 3.94. The molecule has 1 rings (SSSR count). The first-order valence-electron chi connectivity index (χ1n) is 5.48. The Bertz CT molecular complexity index is 382. The number of benzene rings is 1. The van der Waals surface area contributed by atoms with E-state index in [1.165, 1.54) is 0 Å². The lowest BCUT2D eigenvalue weighted by molar-refractivity contribution is 0.106. The van der Waals surface area contributed by atoms with Crippen LogP contribution in [0.4, 0.5) is 16.2 Å². The van der Waals surface area contributed by atoms with Gasteiger partial charge in [0.15, 0.2) is 0 Å². The summed E-state index contributed by atoms with van der Waals surface area (Å²) in [6, 6.07) is 6.97. The Labute approximate surface area is 101 Å². The molecule has 5 nitrogen and oxygen atoms in total. The molecule has 0 aliphatic rings. The molecule has 0 bridgehead atoms. The Morgan fingerprint density at radius 1 is 1.35 bits per heavy atom. The lowest BCUT2D eigenvalue weighted by Crippen LogP contribution is -2.29. The van der Waals surface area contributed by atoms with Crippen molar-refractivity contribution in [3.63, 3.8) is 0 Å². The quantitative estimate of drug-likeness (QED) is 0.733. The lowest BCUT2D eigenvalue weighted by Gasteiger charge is -2.21. The largest absolute Gasteiger partial charge is 0.380 e. The van der Waals surface area contributed by atoms with Gasteiger partial charge >= 0.3 is 6.03 Å². The van der Waals surface area contributed by atoms with Gasteiger partial charge in [0.05, 0.1) is 6.10 Å². The van der Waals surface area contributed by atoms with Crippen LogP contribution in [0.25, 0.3) is 0 Å². The monoisotopic (exact) mass is 237 g/mol. The molecule has 5 heteroatoms. The number of methoxy groups -OCH3 is 1. The number of nitrogens with one attached hydrogen (secondary N) is 2. The van der Waals surface area contributed by atoms with E-state index in [2.05, 4.69) is 10.6 Å². The van der Waals surface area contributed by atoms with Crippen LogP contribution in [0.15, 0.2) is 24.3 Å². The molecule has 0 aliphatic carbocycles. The van der Waals surface area contributed by atoms with Crippen molar-refractivity contribution >= 4 is 17.4 Å². The maximum atomic E-state index is 10.7. The number of nitrogens with two attached hydrogens (primary N) is 1. The van der Waals surface area contributed by atoms with E-state index in [0.717, 1.165) is 5.69 Å². The summed E-state index contributed by atoms with van der Waals surface area (Å²) in [7, 11) is 1.67. The van der Waals surface area contributed by atoms with Crippen LogP contribution in [0.2, 0.25) is 0 Å². The molecule has 0 heterocycles. The third-order valence-corrected chi connectivity index (χ3v) is 2.60. The van der Waals surface area contributed by atoms with Crippen LogP contribution in [0.3, 0.4) is 0 Å². The van der Waals surface area contributed by atoms with Gasteiger partial charge in [0, 0.05) is 24.5 Å². The average molecular weight is 237 g/mol. The number of primary amides is 1. The minimum atomic E-state index is -0.569. The highest BCUT2D eigenvalue weighted by molar-refractivity contribution is 5.88. The van der Waals surface area contributed by atoms with Gasteiger partial charge in [-0.05, 0) is 32.0 Å². The fraction of sp³-hybridized carbons (Fsp3) is 0.417. The molecule has 2 atom stereocenters. The van der Waals surface area contributed by atoms with Crippen LogP contribution in [0.5, 0.6) is 0 Å². The van der Waals surface area contributed by atoms with Crippen molar-refractivity contribution in [2.75, 3.05) is 17.7 Å². The highest BCUT2D eigenvalue weighted by Gasteiger charge is 2.10. The molecule has 4 N–H and O–H groups in total. The van der Waals surface area contributed by atoms with Gasteiger partial charge in [-0.15, -0.1) is 0 Å². The zero-order chi connectivity index (χ0) is 12.8. The molecular weight excluding hydrogens is 218 g/mol. The number of urea groups is 1. The van der Waals surface area contributed by atoms with E-state index in [-0.39, 0.29) is 12.1 Å². The van der Waals surface area contributed by atoms with E-state index in [9.17, 15) is 4.79 Å². The summed E-state index contributed by atoms with van der Waals surface area (Å²) in [5.41, 5.74) is 6.63.